The maximum atomic E-state index is 12.3. The quantitative estimate of drug-likeness (QED) is 0.483. The van der Waals surface area contributed by atoms with Crippen LogP contribution < -0.4 is 10.2 Å². The minimum Gasteiger partial charge on any atom is -0.494 e. The summed E-state index contributed by atoms with van der Waals surface area (Å²) in [7, 11) is 0. The normalized spacial score (nSPS) is 11.1. The van der Waals surface area contributed by atoms with Crippen LogP contribution in [0.5, 0.6) is 5.75 Å². The molecule has 0 bridgehead atoms. The molecule has 0 aliphatic rings. The molecule has 3 aromatic rings. The van der Waals surface area contributed by atoms with Crippen molar-refractivity contribution < 1.29 is 9.53 Å². The van der Waals surface area contributed by atoms with E-state index in [0.717, 1.165) is 27.8 Å². The first-order valence-electron chi connectivity index (χ1n) is 7.92. The maximum Gasteiger partial charge on any atom is 0.283 e. The van der Waals surface area contributed by atoms with Gasteiger partial charge in [-0.25, -0.2) is 5.43 Å². The third kappa shape index (κ3) is 4.18. The van der Waals surface area contributed by atoms with Crippen LogP contribution in [0.3, 0.4) is 0 Å². The molecule has 0 aliphatic heterocycles. The van der Waals surface area contributed by atoms with Gasteiger partial charge in [0.05, 0.1) is 17.8 Å². The highest BCUT2D eigenvalue weighted by Gasteiger charge is 2.16. The van der Waals surface area contributed by atoms with Gasteiger partial charge in [0.25, 0.3) is 5.91 Å². The van der Waals surface area contributed by atoms with Crippen molar-refractivity contribution >= 4 is 45.1 Å². The van der Waals surface area contributed by atoms with Gasteiger partial charge in [-0.3, -0.25) is 4.79 Å². The summed E-state index contributed by atoms with van der Waals surface area (Å²) in [5, 5.41) is 5.35. The molecule has 6 heteroatoms. The Kier molecular flexibility index (Phi) is 5.68. The topological polar surface area (TPSA) is 50.7 Å². The zero-order valence-electron chi connectivity index (χ0n) is 13.7. The number of nitrogens with zero attached hydrogens (tertiary/aromatic N) is 1. The smallest absolute Gasteiger partial charge is 0.283 e. The van der Waals surface area contributed by atoms with Crippen LogP contribution in [0, 0.1) is 0 Å². The monoisotopic (exact) mass is 372 g/mol. The molecular weight excluding hydrogens is 356 g/mol. The van der Waals surface area contributed by atoms with Gasteiger partial charge in [-0.05, 0) is 42.3 Å². The predicted molar refractivity (Wildman–Crippen MR) is 104 cm³/mol. The number of rotatable bonds is 6. The molecule has 0 saturated heterocycles. The number of carbonyl (C=O) groups is 1. The Morgan fingerprint density at radius 3 is 2.72 bits per heavy atom. The lowest BCUT2D eigenvalue weighted by Gasteiger charge is -2.03. The number of fused-ring (bicyclic) bond motifs is 1. The Labute approximate surface area is 155 Å². The third-order valence-corrected chi connectivity index (χ3v) is 5.15. The van der Waals surface area contributed by atoms with Gasteiger partial charge < -0.3 is 4.74 Å². The molecule has 1 aromatic heterocycles. The fourth-order valence-electron chi connectivity index (χ4n) is 2.25. The molecule has 1 amide bonds. The predicted octanol–water partition coefficient (Wildman–Crippen LogP) is 5.11. The van der Waals surface area contributed by atoms with E-state index in [1.165, 1.54) is 11.3 Å². The number of nitrogens with one attached hydrogen (secondary N) is 1. The highest BCUT2D eigenvalue weighted by molar-refractivity contribution is 7.21. The summed E-state index contributed by atoms with van der Waals surface area (Å²) in [6, 6.07) is 15.2. The van der Waals surface area contributed by atoms with E-state index in [1.807, 2.05) is 48.5 Å². The number of hydrazone groups is 1. The van der Waals surface area contributed by atoms with Crippen LogP contribution in [0.2, 0.25) is 5.02 Å². The summed E-state index contributed by atoms with van der Waals surface area (Å²) in [6.07, 6.45) is 2.55. The fourth-order valence-corrected chi connectivity index (χ4v) is 3.65. The lowest BCUT2D eigenvalue weighted by atomic mass is 10.2. The molecule has 0 aliphatic carbocycles. The molecule has 0 unspecified atom stereocenters. The van der Waals surface area contributed by atoms with E-state index in [-0.39, 0.29) is 5.91 Å². The minimum atomic E-state index is -0.314. The first kappa shape index (κ1) is 17.5. The van der Waals surface area contributed by atoms with E-state index < -0.39 is 0 Å². The molecule has 0 saturated carbocycles. The number of carbonyl (C=O) groups excluding carboxylic acids is 1. The van der Waals surface area contributed by atoms with Crippen molar-refractivity contribution in [3.63, 3.8) is 0 Å². The molecular formula is C19H17ClN2O2S. The molecule has 128 valence electrons. The Hall–Kier alpha value is -2.37. The minimum absolute atomic E-state index is 0.314. The summed E-state index contributed by atoms with van der Waals surface area (Å²) < 4.78 is 6.50. The molecule has 2 aromatic carbocycles. The number of halogens is 1. The molecule has 3 rings (SSSR count). The molecule has 25 heavy (non-hydrogen) atoms. The van der Waals surface area contributed by atoms with Crippen molar-refractivity contribution in [2.75, 3.05) is 6.61 Å². The molecule has 4 nitrogen and oxygen atoms in total. The summed E-state index contributed by atoms with van der Waals surface area (Å²) in [5.74, 6) is 0.505. The molecule has 0 spiro atoms. The van der Waals surface area contributed by atoms with E-state index >= 15 is 0 Å². The van der Waals surface area contributed by atoms with Crippen LogP contribution in [0.4, 0.5) is 0 Å². The lowest BCUT2D eigenvalue weighted by Crippen LogP contribution is -2.16. The van der Waals surface area contributed by atoms with Gasteiger partial charge in [-0.15, -0.1) is 11.3 Å². The van der Waals surface area contributed by atoms with E-state index in [1.54, 1.807) is 6.21 Å². The number of ether oxygens (including phenoxy) is 1. The molecule has 1 heterocycles. The van der Waals surface area contributed by atoms with Crippen molar-refractivity contribution in [3.8, 4) is 5.75 Å². The van der Waals surface area contributed by atoms with Gasteiger partial charge in [0.2, 0.25) is 0 Å². The van der Waals surface area contributed by atoms with E-state index in [0.29, 0.717) is 16.5 Å². The standard InChI is InChI=1S/C19H17ClN2O2S/c1-2-11-24-14-9-7-13(8-10-14)12-21-22-19(23)18-17(20)15-5-3-4-6-16(15)25-18/h3-10,12H,2,11H2,1H3,(H,22,23). The molecule has 0 radical (unpaired) electrons. The molecule has 0 fully saturated rings. The van der Waals surface area contributed by atoms with Crippen LogP contribution in [0.15, 0.2) is 53.6 Å². The first-order chi connectivity index (χ1) is 12.2. The lowest BCUT2D eigenvalue weighted by molar-refractivity contribution is 0.0959. The van der Waals surface area contributed by atoms with Crippen LogP contribution in [0.1, 0.15) is 28.6 Å². The zero-order chi connectivity index (χ0) is 17.6. The van der Waals surface area contributed by atoms with Gasteiger partial charge in [0, 0.05) is 10.1 Å². The number of amides is 1. The SMILES string of the molecule is CCCOc1ccc(C=NNC(=O)c2sc3ccccc3c2Cl)cc1. The van der Waals surface area contributed by atoms with Gasteiger partial charge >= 0.3 is 0 Å². The summed E-state index contributed by atoms with van der Waals surface area (Å²) in [6.45, 7) is 2.76. The highest BCUT2D eigenvalue weighted by Crippen LogP contribution is 2.34. The zero-order valence-corrected chi connectivity index (χ0v) is 15.2. The second kappa shape index (κ2) is 8.14. The third-order valence-electron chi connectivity index (χ3n) is 3.47. The highest BCUT2D eigenvalue weighted by atomic mass is 35.5. The molecule has 0 atom stereocenters. The largest absolute Gasteiger partial charge is 0.494 e. The van der Waals surface area contributed by atoms with Crippen molar-refractivity contribution in [1.82, 2.24) is 5.43 Å². The van der Waals surface area contributed by atoms with Crippen molar-refractivity contribution in [1.29, 1.82) is 0 Å². The van der Waals surface area contributed by atoms with Crippen molar-refractivity contribution in [3.05, 3.63) is 64.0 Å². The van der Waals surface area contributed by atoms with Crippen LogP contribution in [-0.2, 0) is 0 Å². The fraction of sp³-hybridized carbons (Fsp3) is 0.158. The van der Waals surface area contributed by atoms with E-state index in [4.69, 9.17) is 16.3 Å². The maximum absolute atomic E-state index is 12.3. The van der Waals surface area contributed by atoms with Crippen molar-refractivity contribution in [2.24, 2.45) is 5.10 Å². The van der Waals surface area contributed by atoms with Crippen molar-refractivity contribution in [2.45, 2.75) is 13.3 Å². The summed E-state index contributed by atoms with van der Waals surface area (Å²) >= 11 is 7.64. The van der Waals surface area contributed by atoms with E-state index in [2.05, 4.69) is 17.5 Å². The second-order valence-electron chi connectivity index (χ2n) is 5.36. The van der Waals surface area contributed by atoms with Gasteiger partial charge in [0.15, 0.2) is 0 Å². The Bertz CT molecular complexity index is 903. The Balaban J connectivity index is 1.65. The Morgan fingerprint density at radius 1 is 1.24 bits per heavy atom. The number of thiophene rings is 1. The first-order valence-corrected chi connectivity index (χ1v) is 9.11. The number of hydrogen-bond donors (Lipinski definition) is 1. The Morgan fingerprint density at radius 2 is 2.00 bits per heavy atom. The average molecular weight is 373 g/mol. The summed E-state index contributed by atoms with van der Waals surface area (Å²) in [4.78, 5) is 12.7. The van der Waals surface area contributed by atoms with Gasteiger partial charge in [0.1, 0.15) is 10.6 Å². The van der Waals surface area contributed by atoms with Crippen LogP contribution >= 0.6 is 22.9 Å². The second-order valence-corrected chi connectivity index (χ2v) is 6.79. The summed E-state index contributed by atoms with van der Waals surface area (Å²) in [5.41, 5.74) is 3.39. The van der Waals surface area contributed by atoms with Crippen LogP contribution in [0.25, 0.3) is 10.1 Å². The average Bonchev–Trinajstić information content (AvgIpc) is 2.98. The van der Waals surface area contributed by atoms with Gasteiger partial charge in [-0.1, -0.05) is 36.7 Å². The van der Waals surface area contributed by atoms with E-state index in [9.17, 15) is 4.79 Å². The number of hydrogen-bond acceptors (Lipinski definition) is 4. The van der Waals surface area contributed by atoms with Gasteiger partial charge in [-0.2, -0.15) is 5.10 Å². The number of benzene rings is 2. The van der Waals surface area contributed by atoms with Crippen LogP contribution in [-0.4, -0.2) is 18.7 Å². The molecule has 1 N–H and O–H groups in total.